The van der Waals surface area contributed by atoms with Crippen molar-refractivity contribution in [1.29, 1.82) is 0 Å². The van der Waals surface area contributed by atoms with Gasteiger partial charge in [0.15, 0.2) is 0 Å². The van der Waals surface area contributed by atoms with E-state index in [1.54, 1.807) is 0 Å². The second-order valence-corrected chi connectivity index (χ2v) is 6.47. The molecule has 0 aliphatic heterocycles. The Morgan fingerprint density at radius 1 is 1.56 bits per heavy atom. The van der Waals surface area contributed by atoms with Gasteiger partial charge in [0.05, 0.1) is 22.4 Å². The maximum atomic E-state index is 4.37. The lowest BCUT2D eigenvalue weighted by atomic mass is 9.94. The van der Waals surface area contributed by atoms with Gasteiger partial charge in [0, 0.05) is 7.05 Å². The normalized spacial score (nSPS) is 25.6. The summed E-state index contributed by atoms with van der Waals surface area (Å²) in [5.41, 5.74) is 1.31. The molecule has 0 bridgehead atoms. The molecule has 0 saturated heterocycles. The Labute approximate surface area is 118 Å². The van der Waals surface area contributed by atoms with Crippen molar-refractivity contribution in [2.75, 3.05) is 6.54 Å². The molecule has 1 aliphatic rings. The van der Waals surface area contributed by atoms with Crippen molar-refractivity contribution in [2.45, 2.75) is 45.6 Å². The molecule has 3 atom stereocenters. The van der Waals surface area contributed by atoms with Crippen molar-refractivity contribution in [3.8, 4) is 0 Å². The van der Waals surface area contributed by atoms with Crippen LogP contribution in [0.1, 0.15) is 51.3 Å². The van der Waals surface area contributed by atoms with E-state index in [2.05, 4.69) is 40.2 Å². The summed E-state index contributed by atoms with van der Waals surface area (Å²) in [7, 11) is 2.04. The van der Waals surface area contributed by atoms with Crippen LogP contribution in [0, 0.1) is 11.8 Å². The van der Waals surface area contributed by atoms with Crippen LogP contribution in [-0.2, 0) is 7.05 Å². The first kappa shape index (κ1) is 14.1. The van der Waals surface area contributed by atoms with E-state index in [4.69, 9.17) is 0 Å². The number of halogens is 1. The molecule has 1 saturated carbocycles. The summed E-state index contributed by atoms with van der Waals surface area (Å²) >= 11 is 3.65. The van der Waals surface area contributed by atoms with E-state index in [9.17, 15) is 0 Å². The zero-order chi connectivity index (χ0) is 13.1. The van der Waals surface area contributed by atoms with Crippen molar-refractivity contribution in [3.05, 3.63) is 16.4 Å². The van der Waals surface area contributed by atoms with Gasteiger partial charge in [0.2, 0.25) is 0 Å². The number of aromatic nitrogens is 2. The molecule has 1 aliphatic carbocycles. The maximum absolute atomic E-state index is 4.37. The van der Waals surface area contributed by atoms with E-state index in [0.717, 1.165) is 22.9 Å². The molecule has 4 heteroatoms. The molecule has 18 heavy (non-hydrogen) atoms. The molecule has 3 unspecified atom stereocenters. The molecule has 0 aromatic carbocycles. The van der Waals surface area contributed by atoms with Crippen LogP contribution in [0.2, 0.25) is 0 Å². The lowest BCUT2D eigenvalue weighted by molar-refractivity contribution is 0.342. The van der Waals surface area contributed by atoms with Gasteiger partial charge in [-0.25, -0.2) is 0 Å². The zero-order valence-electron chi connectivity index (χ0n) is 11.6. The van der Waals surface area contributed by atoms with Crippen molar-refractivity contribution in [3.63, 3.8) is 0 Å². The third-order valence-electron chi connectivity index (χ3n) is 4.05. The average molecular weight is 314 g/mol. The van der Waals surface area contributed by atoms with E-state index in [1.807, 2.05) is 17.9 Å². The number of aryl methyl sites for hydroxylation is 1. The second-order valence-electron chi connectivity index (χ2n) is 5.61. The van der Waals surface area contributed by atoms with E-state index < -0.39 is 0 Å². The zero-order valence-corrected chi connectivity index (χ0v) is 13.2. The van der Waals surface area contributed by atoms with Gasteiger partial charge < -0.3 is 5.32 Å². The first-order valence-electron chi connectivity index (χ1n) is 7.04. The molecular formula is C14H24BrN3. The fourth-order valence-electron chi connectivity index (χ4n) is 3.11. The topological polar surface area (TPSA) is 29.9 Å². The fraction of sp³-hybridized carbons (Fsp3) is 0.786. The molecule has 0 amide bonds. The summed E-state index contributed by atoms with van der Waals surface area (Å²) in [6, 6.07) is 0.441. The predicted molar refractivity (Wildman–Crippen MR) is 78.4 cm³/mol. The highest BCUT2D eigenvalue weighted by molar-refractivity contribution is 9.10. The largest absolute Gasteiger partial charge is 0.308 e. The molecule has 0 radical (unpaired) electrons. The summed E-state index contributed by atoms with van der Waals surface area (Å²) in [5.74, 6) is 1.62. The molecule has 102 valence electrons. The number of nitrogens with zero attached hydrogens (tertiary/aromatic N) is 2. The number of hydrogen-bond acceptors (Lipinski definition) is 2. The molecule has 2 rings (SSSR count). The van der Waals surface area contributed by atoms with E-state index in [0.29, 0.717) is 6.04 Å². The first-order chi connectivity index (χ1) is 8.63. The SMILES string of the molecule is CCCNC(c1c(Br)cnn1C)C1CCC(C)C1. The Morgan fingerprint density at radius 3 is 2.83 bits per heavy atom. The minimum Gasteiger partial charge on any atom is -0.308 e. The Hall–Kier alpha value is -0.350. The van der Waals surface area contributed by atoms with Crippen LogP contribution in [0.3, 0.4) is 0 Å². The lowest BCUT2D eigenvalue weighted by Gasteiger charge is -2.25. The van der Waals surface area contributed by atoms with Crippen LogP contribution in [0.25, 0.3) is 0 Å². The van der Waals surface area contributed by atoms with Crippen molar-refractivity contribution >= 4 is 15.9 Å². The minimum atomic E-state index is 0.441. The molecule has 1 heterocycles. The molecule has 1 N–H and O–H groups in total. The predicted octanol–water partition coefficient (Wildman–Crippen LogP) is 3.66. The smallest absolute Gasteiger partial charge is 0.0695 e. The summed E-state index contributed by atoms with van der Waals surface area (Å²) in [4.78, 5) is 0. The maximum Gasteiger partial charge on any atom is 0.0695 e. The standard InChI is InChI=1S/C14H24BrN3/c1-4-7-16-13(11-6-5-10(2)8-11)14-12(15)9-17-18(14)3/h9-11,13,16H,4-8H2,1-3H3. The van der Waals surface area contributed by atoms with Gasteiger partial charge in [-0.05, 0) is 53.6 Å². The summed E-state index contributed by atoms with van der Waals surface area (Å²) in [6.45, 7) is 5.67. The van der Waals surface area contributed by atoms with Crippen LogP contribution in [-0.4, -0.2) is 16.3 Å². The average Bonchev–Trinajstić information content (AvgIpc) is 2.90. The molecule has 1 fully saturated rings. The highest BCUT2D eigenvalue weighted by Crippen LogP contribution is 2.40. The number of nitrogens with one attached hydrogen (secondary N) is 1. The molecular weight excluding hydrogens is 290 g/mol. The Morgan fingerprint density at radius 2 is 2.33 bits per heavy atom. The van der Waals surface area contributed by atoms with Gasteiger partial charge in [-0.3, -0.25) is 4.68 Å². The van der Waals surface area contributed by atoms with Crippen LogP contribution in [0.4, 0.5) is 0 Å². The van der Waals surface area contributed by atoms with Gasteiger partial charge in [-0.15, -0.1) is 0 Å². The van der Waals surface area contributed by atoms with Crippen LogP contribution < -0.4 is 5.32 Å². The monoisotopic (exact) mass is 313 g/mol. The van der Waals surface area contributed by atoms with Gasteiger partial charge >= 0.3 is 0 Å². The Bertz CT molecular complexity index is 369. The quantitative estimate of drug-likeness (QED) is 0.899. The van der Waals surface area contributed by atoms with Crippen LogP contribution in [0.5, 0.6) is 0 Å². The highest BCUT2D eigenvalue weighted by atomic mass is 79.9. The van der Waals surface area contributed by atoms with E-state index in [1.165, 1.54) is 31.4 Å². The summed E-state index contributed by atoms with van der Waals surface area (Å²) in [5, 5.41) is 8.09. The van der Waals surface area contributed by atoms with Gasteiger partial charge in [0.1, 0.15) is 0 Å². The lowest BCUT2D eigenvalue weighted by Crippen LogP contribution is -2.30. The fourth-order valence-corrected chi connectivity index (χ4v) is 3.71. The first-order valence-corrected chi connectivity index (χ1v) is 7.83. The third-order valence-corrected chi connectivity index (χ3v) is 4.66. The second kappa shape index (κ2) is 6.20. The highest BCUT2D eigenvalue weighted by Gasteiger charge is 2.32. The van der Waals surface area contributed by atoms with Crippen LogP contribution in [0.15, 0.2) is 10.7 Å². The van der Waals surface area contributed by atoms with Crippen molar-refractivity contribution in [1.82, 2.24) is 15.1 Å². The minimum absolute atomic E-state index is 0.441. The Kier molecular flexibility index (Phi) is 4.84. The summed E-state index contributed by atoms with van der Waals surface area (Å²) in [6.07, 6.45) is 7.12. The summed E-state index contributed by atoms with van der Waals surface area (Å²) < 4.78 is 3.15. The van der Waals surface area contributed by atoms with Gasteiger partial charge in [-0.1, -0.05) is 20.3 Å². The number of rotatable bonds is 5. The molecule has 0 spiro atoms. The van der Waals surface area contributed by atoms with E-state index >= 15 is 0 Å². The van der Waals surface area contributed by atoms with Crippen molar-refractivity contribution in [2.24, 2.45) is 18.9 Å². The van der Waals surface area contributed by atoms with Crippen LogP contribution >= 0.6 is 15.9 Å². The molecule has 1 aromatic rings. The third kappa shape index (κ3) is 2.97. The molecule has 1 aromatic heterocycles. The molecule has 3 nitrogen and oxygen atoms in total. The van der Waals surface area contributed by atoms with Gasteiger partial charge in [0.25, 0.3) is 0 Å². The van der Waals surface area contributed by atoms with E-state index in [-0.39, 0.29) is 0 Å². The van der Waals surface area contributed by atoms with Gasteiger partial charge in [-0.2, -0.15) is 5.10 Å². The van der Waals surface area contributed by atoms with Crippen molar-refractivity contribution < 1.29 is 0 Å². The Balaban J connectivity index is 2.19. The number of hydrogen-bond donors (Lipinski definition) is 1.